The van der Waals surface area contributed by atoms with Gasteiger partial charge in [0.25, 0.3) is 0 Å². The molecular weight excluding hydrogens is 192 g/mol. The zero-order chi connectivity index (χ0) is 11.2. The zero-order valence-corrected chi connectivity index (χ0v) is 8.40. The van der Waals surface area contributed by atoms with Crippen molar-refractivity contribution in [1.29, 1.82) is 0 Å². The van der Waals surface area contributed by atoms with Gasteiger partial charge in [0.2, 0.25) is 0 Å². The molecule has 0 bridgehead atoms. The molecule has 1 N–H and O–H groups in total. The van der Waals surface area contributed by atoms with Gasteiger partial charge in [-0.1, -0.05) is 0 Å². The van der Waals surface area contributed by atoms with E-state index in [1.807, 2.05) is 0 Å². The van der Waals surface area contributed by atoms with E-state index >= 15 is 0 Å². The van der Waals surface area contributed by atoms with E-state index in [0.29, 0.717) is 0 Å². The molecule has 0 saturated carbocycles. The van der Waals surface area contributed by atoms with E-state index in [9.17, 15) is 9.59 Å². The highest BCUT2D eigenvalue weighted by molar-refractivity contribution is 5.76. The van der Waals surface area contributed by atoms with Crippen molar-refractivity contribution < 1.29 is 29.5 Å². The van der Waals surface area contributed by atoms with Crippen molar-refractivity contribution >= 4 is 11.9 Å². The fourth-order valence-corrected chi connectivity index (χ4v) is 0.463. The van der Waals surface area contributed by atoms with Crippen molar-refractivity contribution in [2.24, 2.45) is 0 Å². The molecule has 0 aromatic heterocycles. The van der Waals surface area contributed by atoms with E-state index in [-0.39, 0.29) is 12.8 Å². The number of hydrogen-bond donors (Lipinski definition) is 1. The van der Waals surface area contributed by atoms with Crippen LogP contribution in [0.25, 0.3) is 0 Å². The van der Waals surface area contributed by atoms with Gasteiger partial charge in [-0.2, -0.15) is 10.1 Å². The Balaban J connectivity index is 3.62. The Morgan fingerprint density at radius 3 is 2.07 bits per heavy atom. The van der Waals surface area contributed by atoms with Gasteiger partial charge in [-0.15, -0.1) is 0 Å². The van der Waals surface area contributed by atoms with E-state index in [2.05, 4.69) is 9.78 Å². The zero-order valence-electron chi connectivity index (χ0n) is 8.40. The van der Waals surface area contributed by atoms with Gasteiger partial charge < -0.3 is 4.89 Å². The largest absolute Gasteiger partial charge is 0.342 e. The predicted octanol–water partition coefficient (Wildman–Crippen LogP) is 1.06. The highest BCUT2D eigenvalue weighted by Crippen LogP contribution is 2.08. The maximum Gasteiger partial charge on any atom is 0.342 e. The van der Waals surface area contributed by atoms with Crippen LogP contribution in [-0.4, -0.2) is 22.8 Å². The second-order valence-corrected chi connectivity index (χ2v) is 3.61. The van der Waals surface area contributed by atoms with E-state index in [0.717, 1.165) is 0 Å². The molecule has 0 unspecified atom stereocenters. The Morgan fingerprint density at radius 2 is 1.64 bits per heavy atom. The smallest absolute Gasteiger partial charge is 0.301 e. The second-order valence-electron chi connectivity index (χ2n) is 3.61. The van der Waals surface area contributed by atoms with Gasteiger partial charge in [-0.05, 0) is 20.8 Å². The van der Waals surface area contributed by atoms with Crippen LogP contribution in [0.2, 0.25) is 0 Å². The fourth-order valence-electron chi connectivity index (χ4n) is 0.463. The summed E-state index contributed by atoms with van der Waals surface area (Å²) in [6.07, 6.45) is -0.446. The van der Waals surface area contributed by atoms with Crippen LogP contribution in [0.3, 0.4) is 0 Å². The fraction of sp³-hybridized carbons (Fsp3) is 0.750. The molecule has 0 spiro atoms. The summed E-state index contributed by atoms with van der Waals surface area (Å²) in [5, 5.41) is 7.87. The van der Waals surface area contributed by atoms with Gasteiger partial charge in [0.1, 0.15) is 5.60 Å². The van der Waals surface area contributed by atoms with Crippen LogP contribution in [0.1, 0.15) is 33.6 Å². The summed E-state index contributed by atoms with van der Waals surface area (Å²) < 4.78 is 0. The van der Waals surface area contributed by atoms with Gasteiger partial charge >= 0.3 is 11.9 Å². The van der Waals surface area contributed by atoms with Gasteiger partial charge in [0, 0.05) is 0 Å². The average Bonchev–Trinajstić information content (AvgIpc) is 2.09. The lowest BCUT2D eigenvalue weighted by molar-refractivity contribution is -0.320. The summed E-state index contributed by atoms with van der Waals surface area (Å²) in [5.41, 5.74) is -0.590. The highest BCUT2D eigenvalue weighted by atomic mass is 17.2. The summed E-state index contributed by atoms with van der Waals surface area (Å²) in [4.78, 5) is 33.7. The van der Waals surface area contributed by atoms with Crippen molar-refractivity contribution in [3.63, 3.8) is 0 Å². The lowest BCUT2D eigenvalue weighted by Crippen LogP contribution is -2.22. The Bertz CT molecular complexity index is 204. The summed E-state index contributed by atoms with van der Waals surface area (Å²) in [5.74, 6) is -1.58. The Kier molecular flexibility index (Phi) is 5.11. The maximum atomic E-state index is 10.9. The van der Waals surface area contributed by atoms with Crippen molar-refractivity contribution in [2.75, 3.05) is 0 Å². The molecule has 0 aromatic carbocycles. The molecule has 0 rings (SSSR count). The summed E-state index contributed by atoms with van der Waals surface area (Å²) in [6.45, 7) is 5.13. The maximum absolute atomic E-state index is 10.9. The molecule has 82 valence electrons. The number of rotatable bonds is 4. The Morgan fingerprint density at radius 1 is 1.14 bits per heavy atom. The minimum atomic E-state index is -0.891. The molecular formula is C8H14O6. The molecule has 6 nitrogen and oxygen atoms in total. The molecule has 0 radical (unpaired) electrons. The van der Waals surface area contributed by atoms with Crippen molar-refractivity contribution in [1.82, 2.24) is 0 Å². The van der Waals surface area contributed by atoms with Crippen LogP contribution in [0.5, 0.6) is 0 Å². The molecule has 0 aliphatic carbocycles. The van der Waals surface area contributed by atoms with E-state index in [1.54, 1.807) is 20.8 Å². The first kappa shape index (κ1) is 12.9. The van der Waals surface area contributed by atoms with Crippen LogP contribution in [0.15, 0.2) is 0 Å². The molecule has 0 amide bonds. The average molecular weight is 206 g/mol. The van der Waals surface area contributed by atoms with E-state index < -0.39 is 17.5 Å². The quantitative estimate of drug-likeness (QED) is 0.547. The molecule has 0 saturated heterocycles. The van der Waals surface area contributed by atoms with E-state index in [4.69, 9.17) is 10.1 Å². The lowest BCUT2D eigenvalue weighted by Gasteiger charge is -2.16. The van der Waals surface area contributed by atoms with Crippen molar-refractivity contribution in [3.8, 4) is 0 Å². The molecule has 0 fully saturated rings. The van der Waals surface area contributed by atoms with Crippen molar-refractivity contribution in [3.05, 3.63) is 0 Å². The minimum Gasteiger partial charge on any atom is -0.301 e. The Hall–Kier alpha value is -1.14. The normalized spacial score (nSPS) is 10.9. The molecule has 0 aliphatic rings. The summed E-state index contributed by atoms with van der Waals surface area (Å²) in [7, 11) is 0. The predicted molar refractivity (Wildman–Crippen MR) is 44.9 cm³/mol. The first-order valence-electron chi connectivity index (χ1n) is 4.08. The highest BCUT2D eigenvalue weighted by Gasteiger charge is 2.16. The molecule has 14 heavy (non-hydrogen) atoms. The third-order valence-corrected chi connectivity index (χ3v) is 1.02. The Labute approximate surface area is 81.6 Å². The first-order valence-corrected chi connectivity index (χ1v) is 4.08. The monoisotopic (exact) mass is 206 g/mol. The summed E-state index contributed by atoms with van der Waals surface area (Å²) in [6, 6.07) is 0. The van der Waals surface area contributed by atoms with Gasteiger partial charge in [-0.3, -0.25) is 4.89 Å². The third kappa shape index (κ3) is 7.51. The molecule has 6 heteroatoms. The van der Waals surface area contributed by atoms with Crippen molar-refractivity contribution in [2.45, 2.75) is 39.2 Å². The minimum absolute atomic E-state index is 0.199. The summed E-state index contributed by atoms with van der Waals surface area (Å²) >= 11 is 0. The molecule has 0 aliphatic heterocycles. The SMILES string of the molecule is CC(C)(C)OOC(=O)CCC(=O)OO. The standard InChI is InChI=1S/C8H14O6/c1-8(2,3)14-13-7(10)5-4-6(9)12-11/h11H,4-5H2,1-3H3. The van der Waals surface area contributed by atoms with Gasteiger partial charge in [-0.25, -0.2) is 9.59 Å². The van der Waals surface area contributed by atoms with Gasteiger partial charge in [0.05, 0.1) is 12.8 Å². The number of carbonyl (C=O) groups excluding carboxylic acids is 2. The van der Waals surface area contributed by atoms with Gasteiger partial charge in [0.15, 0.2) is 0 Å². The second kappa shape index (κ2) is 5.56. The van der Waals surface area contributed by atoms with Crippen LogP contribution in [0, 0.1) is 0 Å². The van der Waals surface area contributed by atoms with E-state index in [1.165, 1.54) is 0 Å². The van der Waals surface area contributed by atoms with Crippen LogP contribution < -0.4 is 0 Å². The molecule has 0 heterocycles. The molecule has 0 aromatic rings. The lowest BCUT2D eigenvalue weighted by atomic mass is 10.2. The first-order chi connectivity index (χ1) is 6.35. The topological polar surface area (TPSA) is 82.1 Å². The van der Waals surface area contributed by atoms with Crippen LogP contribution in [-0.2, 0) is 24.3 Å². The number of hydrogen-bond acceptors (Lipinski definition) is 6. The molecule has 0 atom stereocenters. The van der Waals surface area contributed by atoms with Crippen LogP contribution >= 0.6 is 0 Å². The number of carbonyl (C=O) groups is 2. The third-order valence-electron chi connectivity index (χ3n) is 1.02. The van der Waals surface area contributed by atoms with Crippen LogP contribution in [0.4, 0.5) is 0 Å².